The second-order valence-electron chi connectivity index (χ2n) is 3.86. The number of rotatable bonds is 5. The molecule has 0 amide bonds. The molecule has 0 bridgehead atoms. The van der Waals surface area contributed by atoms with Gasteiger partial charge in [0.25, 0.3) is 10.0 Å². The Labute approximate surface area is 121 Å². The number of nitrogen functional groups attached to an aromatic ring is 1. The molecule has 0 atom stereocenters. The first-order chi connectivity index (χ1) is 9.55. The molecule has 0 saturated carbocycles. The van der Waals surface area contributed by atoms with Gasteiger partial charge in [0.1, 0.15) is 5.82 Å². The highest BCUT2D eigenvalue weighted by Gasteiger charge is 2.15. The SMILES string of the molecule is CSc1cccc(NS(=O)(=O)c2ccnc(NN)c2)c1. The molecule has 0 aliphatic rings. The number of sulfonamides is 1. The molecule has 0 spiro atoms. The standard InChI is InChI=1S/C12H14N4O2S2/c1-19-10-4-2-3-9(7-10)16-20(17,18)11-5-6-14-12(8-11)15-13/h2-8,16H,13H2,1H3,(H,14,15). The van der Waals surface area contributed by atoms with Crippen molar-refractivity contribution in [3.05, 3.63) is 42.6 Å². The van der Waals surface area contributed by atoms with Crippen LogP contribution in [-0.4, -0.2) is 19.7 Å². The maximum Gasteiger partial charge on any atom is 0.262 e. The number of aromatic nitrogens is 1. The summed E-state index contributed by atoms with van der Waals surface area (Å²) in [5.41, 5.74) is 2.83. The average Bonchev–Trinajstić information content (AvgIpc) is 2.47. The van der Waals surface area contributed by atoms with Gasteiger partial charge in [0.2, 0.25) is 0 Å². The normalized spacial score (nSPS) is 11.1. The Morgan fingerprint density at radius 2 is 2.05 bits per heavy atom. The number of benzene rings is 1. The lowest BCUT2D eigenvalue weighted by atomic mass is 10.3. The topological polar surface area (TPSA) is 97.1 Å². The Morgan fingerprint density at radius 1 is 1.25 bits per heavy atom. The molecule has 0 fully saturated rings. The highest BCUT2D eigenvalue weighted by atomic mass is 32.2. The second kappa shape index (κ2) is 6.12. The molecule has 0 radical (unpaired) electrons. The van der Waals surface area contributed by atoms with Gasteiger partial charge in [-0.2, -0.15) is 0 Å². The van der Waals surface area contributed by atoms with E-state index in [2.05, 4.69) is 15.1 Å². The van der Waals surface area contributed by atoms with E-state index >= 15 is 0 Å². The van der Waals surface area contributed by atoms with E-state index in [1.54, 1.807) is 18.2 Å². The smallest absolute Gasteiger partial charge is 0.262 e. The summed E-state index contributed by atoms with van der Waals surface area (Å²) in [5, 5.41) is 0. The van der Waals surface area contributed by atoms with Gasteiger partial charge in [-0.15, -0.1) is 11.8 Å². The third-order valence-electron chi connectivity index (χ3n) is 2.51. The average molecular weight is 310 g/mol. The number of anilines is 2. The second-order valence-corrected chi connectivity index (χ2v) is 6.42. The van der Waals surface area contributed by atoms with Crippen molar-refractivity contribution in [1.82, 2.24) is 4.98 Å². The molecule has 0 aliphatic heterocycles. The van der Waals surface area contributed by atoms with Gasteiger partial charge in [-0.25, -0.2) is 19.2 Å². The molecule has 0 aliphatic carbocycles. The molecule has 1 aromatic heterocycles. The summed E-state index contributed by atoms with van der Waals surface area (Å²) in [6.45, 7) is 0. The van der Waals surface area contributed by atoms with Gasteiger partial charge in [-0.3, -0.25) is 4.72 Å². The van der Waals surface area contributed by atoms with Crippen molar-refractivity contribution in [3.8, 4) is 0 Å². The minimum Gasteiger partial charge on any atom is -0.308 e. The first-order valence-electron chi connectivity index (χ1n) is 5.65. The Kier molecular flexibility index (Phi) is 4.48. The van der Waals surface area contributed by atoms with Crippen LogP contribution in [-0.2, 0) is 10.0 Å². The number of hydrogen-bond acceptors (Lipinski definition) is 6. The summed E-state index contributed by atoms with van der Waals surface area (Å²) in [5.74, 6) is 5.51. The van der Waals surface area contributed by atoms with Gasteiger partial charge in [0, 0.05) is 22.8 Å². The van der Waals surface area contributed by atoms with Crippen LogP contribution in [0.2, 0.25) is 0 Å². The molecule has 0 unspecified atom stereocenters. The Morgan fingerprint density at radius 3 is 2.75 bits per heavy atom. The molecule has 106 valence electrons. The summed E-state index contributed by atoms with van der Waals surface area (Å²) in [6, 6.07) is 9.93. The van der Waals surface area contributed by atoms with E-state index in [-0.39, 0.29) is 10.7 Å². The monoisotopic (exact) mass is 310 g/mol. The predicted molar refractivity (Wildman–Crippen MR) is 81.1 cm³/mol. The number of pyridine rings is 1. The number of hydrazine groups is 1. The zero-order valence-electron chi connectivity index (χ0n) is 10.7. The molecular formula is C12H14N4O2S2. The number of hydrogen-bond donors (Lipinski definition) is 3. The van der Waals surface area contributed by atoms with E-state index in [0.29, 0.717) is 5.69 Å². The van der Waals surface area contributed by atoms with Crippen molar-refractivity contribution in [2.45, 2.75) is 9.79 Å². The molecular weight excluding hydrogens is 296 g/mol. The van der Waals surface area contributed by atoms with Gasteiger partial charge in [0.15, 0.2) is 0 Å². The molecule has 2 aromatic rings. The van der Waals surface area contributed by atoms with Crippen LogP contribution < -0.4 is 16.0 Å². The van der Waals surface area contributed by atoms with Crippen molar-refractivity contribution in [2.75, 3.05) is 16.4 Å². The Hall–Kier alpha value is -1.77. The van der Waals surface area contributed by atoms with E-state index < -0.39 is 10.0 Å². The lowest BCUT2D eigenvalue weighted by Gasteiger charge is -2.09. The molecule has 2 rings (SSSR count). The maximum absolute atomic E-state index is 12.3. The van der Waals surface area contributed by atoms with E-state index in [0.717, 1.165) is 4.90 Å². The van der Waals surface area contributed by atoms with Crippen LogP contribution in [0.25, 0.3) is 0 Å². The van der Waals surface area contributed by atoms with E-state index in [4.69, 9.17) is 5.84 Å². The van der Waals surface area contributed by atoms with Crippen LogP contribution in [0.3, 0.4) is 0 Å². The molecule has 1 heterocycles. The quantitative estimate of drug-likeness (QED) is 0.443. The third kappa shape index (κ3) is 3.41. The van der Waals surface area contributed by atoms with Crippen molar-refractivity contribution in [3.63, 3.8) is 0 Å². The minimum atomic E-state index is -3.67. The lowest BCUT2D eigenvalue weighted by molar-refractivity contribution is 0.601. The summed E-state index contributed by atoms with van der Waals surface area (Å²) in [7, 11) is -3.67. The summed E-state index contributed by atoms with van der Waals surface area (Å²) < 4.78 is 27.0. The zero-order valence-corrected chi connectivity index (χ0v) is 12.3. The van der Waals surface area contributed by atoms with Crippen molar-refractivity contribution >= 4 is 33.3 Å². The Bertz CT molecular complexity index is 704. The maximum atomic E-state index is 12.3. The minimum absolute atomic E-state index is 0.0926. The van der Waals surface area contributed by atoms with Gasteiger partial charge in [0.05, 0.1) is 4.90 Å². The zero-order chi connectivity index (χ0) is 14.6. The van der Waals surface area contributed by atoms with Crippen LogP contribution in [0.4, 0.5) is 11.5 Å². The number of nitrogens with two attached hydrogens (primary N) is 1. The third-order valence-corrected chi connectivity index (χ3v) is 4.62. The van der Waals surface area contributed by atoms with Crippen molar-refractivity contribution in [2.24, 2.45) is 5.84 Å². The summed E-state index contributed by atoms with van der Waals surface area (Å²) >= 11 is 1.54. The van der Waals surface area contributed by atoms with Gasteiger partial charge in [-0.05, 0) is 30.5 Å². The number of nitrogens with zero attached hydrogens (tertiary/aromatic N) is 1. The highest BCUT2D eigenvalue weighted by molar-refractivity contribution is 7.98. The summed E-state index contributed by atoms with van der Waals surface area (Å²) in [4.78, 5) is 4.94. The van der Waals surface area contributed by atoms with E-state index in [1.807, 2.05) is 12.3 Å². The van der Waals surface area contributed by atoms with Crippen molar-refractivity contribution in [1.29, 1.82) is 0 Å². The van der Waals surface area contributed by atoms with Crippen LogP contribution in [0.1, 0.15) is 0 Å². The fraction of sp³-hybridized carbons (Fsp3) is 0.0833. The van der Waals surface area contributed by atoms with E-state index in [9.17, 15) is 8.42 Å². The molecule has 0 saturated heterocycles. The van der Waals surface area contributed by atoms with Gasteiger partial charge in [-0.1, -0.05) is 6.07 Å². The number of nitrogens with one attached hydrogen (secondary N) is 2. The largest absolute Gasteiger partial charge is 0.308 e. The molecule has 1 aromatic carbocycles. The fourth-order valence-electron chi connectivity index (χ4n) is 1.56. The Balaban J connectivity index is 2.30. The van der Waals surface area contributed by atoms with Crippen LogP contribution in [0.5, 0.6) is 0 Å². The molecule has 4 N–H and O–H groups in total. The van der Waals surface area contributed by atoms with Crippen LogP contribution >= 0.6 is 11.8 Å². The summed E-state index contributed by atoms with van der Waals surface area (Å²) in [6.07, 6.45) is 3.30. The first kappa shape index (κ1) is 14.6. The van der Waals surface area contributed by atoms with Gasteiger partial charge >= 0.3 is 0 Å². The fourth-order valence-corrected chi connectivity index (χ4v) is 3.08. The number of thioether (sulfide) groups is 1. The lowest BCUT2D eigenvalue weighted by Crippen LogP contribution is -2.14. The van der Waals surface area contributed by atoms with Crippen LogP contribution in [0, 0.1) is 0 Å². The molecule has 20 heavy (non-hydrogen) atoms. The molecule has 8 heteroatoms. The first-order valence-corrected chi connectivity index (χ1v) is 8.35. The van der Waals surface area contributed by atoms with E-state index in [1.165, 1.54) is 30.1 Å². The van der Waals surface area contributed by atoms with Crippen LogP contribution in [0.15, 0.2) is 52.4 Å². The highest BCUT2D eigenvalue weighted by Crippen LogP contribution is 2.22. The van der Waals surface area contributed by atoms with Gasteiger partial charge < -0.3 is 5.43 Å². The predicted octanol–water partition coefficient (Wildman–Crippen LogP) is 1.89. The van der Waals surface area contributed by atoms with Crippen molar-refractivity contribution < 1.29 is 8.42 Å². The molecule has 6 nitrogen and oxygen atoms in total.